The second kappa shape index (κ2) is 13.6. The Morgan fingerprint density at radius 1 is 1.03 bits per heavy atom. The quantitative estimate of drug-likeness (QED) is 0.356. The first-order chi connectivity index (χ1) is 18.8. The molecule has 1 saturated heterocycles. The van der Waals surface area contributed by atoms with Crippen LogP contribution in [0.1, 0.15) is 23.1 Å². The fourth-order valence-corrected chi connectivity index (χ4v) is 4.75. The summed E-state index contributed by atoms with van der Waals surface area (Å²) in [5.41, 5.74) is 2.12. The van der Waals surface area contributed by atoms with Gasteiger partial charge in [-0.1, -0.05) is 29.8 Å². The molecule has 0 saturated carbocycles. The molecule has 1 aliphatic heterocycles. The number of amides is 1. The molecule has 1 fully saturated rings. The Hall–Kier alpha value is -3.40. The number of rotatable bonds is 12. The van der Waals surface area contributed by atoms with Crippen molar-refractivity contribution in [1.82, 2.24) is 19.6 Å². The van der Waals surface area contributed by atoms with Gasteiger partial charge in [-0.2, -0.15) is 5.10 Å². The first-order valence-electron chi connectivity index (χ1n) is 13.4. The lowest BCUT2D eigenvalue weighted by Crippen LogP contribution is -2.52. The highest BCUT2D eigenvalue weighted by atomic mass is 16.5. The Labute approximate surface area is 230 Å². The molecule has 2 heterocycles. The molecule has 0 bridgehead atoms. The molecule has 210 valence electrons. The fourth-order valence-electron chi connectivity index (χ4n) is 4.75. The summed E-state index contributed by atoms with van der Waals surface area (Å²) in [6, 6.07) is 15.8. The summed E-state index contributed by atoms with van der Waals surface area (Å²) < 4.78 is 19.0. The van der Waals surface area contributed by atoms with Crippen LogP contribution in [0.2, 0.25) is 0 Å². The van der Waals surface area contributed by atoms with Crippen molar-refractivity contribution in [3.05, 3.63) is 77.6 Å². The molecule has 4 rings (SSSR count). The minimum Gasteiger partial charge on any atom is -0.494 e. The number of aryl methyl sites for hydroxylation is 3. The predicted molar refractivity (Wildman–Crippen MR) is 149 cm³/mol. The number of aliphatic hydroxyl groups is 1. The van der Waals surface area contributed by atoms with Crippen LogP contribution in [-0.4, -0.2) is 89.3 Å². The summed E-state index contributed by atoms with van der Waals surface area (Å²) in [6.07, 6.45) is 4.74. The number of hydrogen-bond donors (Lipinski definition) is 1. The van der Waals surface area contributed by atoms with E-state index in [9.17, 15) is 9.90 Å². The lowest BCUT2D eigenvalue weighted by Gasteiger charge is -2.33. The third kappa shape index (κ3) is 8.81. The third-order valence-electron chi connectivity index (χ3n) is 6.71. The molecule has 1 N–H and O–H groups in total. The Morgan fingerprint density at radius 3 is 2.59 bits per heavy atom. The van der Waals surface area contributed by atoms with E-state index in [2.05, 4.69) is 16.1 Å². The molecule has 0 spiro atoms. The Bertz CT molecular complexity index is 1200. The number of carbonyl (C=O) groups is 1. The highest BCUT2D eigenvalue weighted by Crippen LogP contribution is 2.22. The van der Waals surface area contributed by atoms with Gasteiger partial charge < -0.3 is 24.2 Å². The average molecular weight is 537 g/mol. The van der Waals surface area contributed by atoms with Crippen LogP contribution in [0.15, 0.2) is 60.9 Å². The molecule has 2 aromatic carbocycles. The largest absolute Gasteiger partial charge is 0.494 e. The van der Waals surface area contributed by atoms with Crippen molar-refractivity contribution in [2.45, 2.75) is 39.0 Å². The van der Waals surface area contributed by atoms with Crippen molar-refractivity contribution in [2.24, 2.45) is 0 Å². The van der Waals surface area contributed by atoms with Crippen LogP contribution < -0.4 is 9.47 Å². The van der Waals surface area contributed by atoms with Crippen molar-refractivity contribution in [3.63, 3.8) is 0 Å². The van der Waals surface area contributed by atoms with E-state index in [0.717, 1.165) is 35.4 Å². The molecule has 0 aliphatic carbocycles. The summed E-state index contributed by atoms with van der Waals surface area (Å²) in [5.74, 6) is 1.36. The molecule has 1 atom stereocenters. The van der Waals surface area contributed by atoms with Crippen molar-refractivity contribution in [1.29, 1.82) is 0 Å². The standard InChI is InChI=1S/C30H40N4O5/c1-24-8-10-27(11-9-24)39-23-30(36)21-32(13-14-33(22-30)29(35)20-37-3)19-26-6-4-7-28(16-26)38-15-5-12-34-18-25(2)17-31-34/h4,6-11,16-18,36H,5,12-15,19-23H2,1-3H3. The highest BCUT2D eigenvalue weighted by molar-refractivity contribution is 5.77. The summed E-state index contributed by atoms with van der Waals surface area (Å²) >= 11 is 0. The molecule has 39 heavy (non-hydrogen) atoms. The third-order valence-corrected chi connectivity index (χ3v) is 6.71. The van der Waals surface area contributed by atoms with E-state index in [1.54, 1.807) is 4.90 Å². The molecular formula is C30H40N4O5. The molecule has 9 nitrogen and oxygen atoms in total. The van der Waals surface area contributed by atoms with Gasteiger partial charge in [0.15, 0.2) is 0 Å². The van der Waals surface area contributed by atoms with Crippen LogP contribution in [-0.2, 0) is 22.6 Å². The fraction of sp³-hybridized carbons (Fsp3) is 0.467. The molecule has 1 aliphatic rings. The number of carbonyl (C=O) groups excluding carboxylic acids is 1. The van der Waals surface area contributed by atoms with Crippen LogP contribution in [0, 0.1) is 13.8 Å². The van der Waals surface area contributed by atoms with E-state index >= 15 is 0 Å². The zero-order chi connectivity index (χ0) is 27.7. The van der Waals surface area contributed by atoms with Gasteiger partial charge in [-0.15, -0.1) is 0 Å². The summed E-state index contributed by atoms with van der Waals surface area (Å²) in [4.78, 5) is 16.5. The number of ether oxygens (including phenoxy) is 3. The van der Waals surface area contributed by atoms with Crippen molar-refractivity contribution in [2.75, 3.05) is 53.1 Å². The summed E-state index contributed by atoms with van der Waals surface area (Å²) in [6.45, 7) is 7.78. The smallest absolute Gasteiger partial charge is 0.248 e. The topological polar surface area (TPSA) is 89.3 Å². The van der Waals surface area contributed by atoms with Gasteiger partial charge in [0.1, 0.15) is 30.3 Å². The van der Waals surface area contributed by atoms with E-state index in [0.29, 0.717) is 38.5 Å². The first kappa shape index (κ1) is 28.6. The SMILES string of the molecule is COCC(=O)N1CCN(Cc2cccc(OCCCn3cc(C)cn3)c2)CC(O)(COc2ccc(C)cc2)C1. The van der Waals surface area contributed by atoms with Crippen molar-refractivity contribution >= 4 is 5.91 Å². The van der Waals surface area contributed by atoms with Crippen LogP contribution in [0.3, 0.4) is 0 Å². The lowest BCUT2D eigenvalue weighted by molar-refractivity contribution is -0.138. The molecule has 0 radical (unpaired) electrons. The maximum atomic E-state index is 12.7. The Kier molecular flexibility index (Phi) is 9.97. The number of β-amino-alcohol motifs (C(OH)–C–C–N with tert-alkyl or cyclic N) is 1. The first-order valence-corrected chi connectivity index (χ1v) is 13.4. The number of benzene rings is 2. The molecule has 1 aromatic heterocycles. The van der Waals surface area contributed by atoms with E-state index in [-0.39, 0.29) is 25.7 Å². The normalized spacial score (nSPS) is 18.1. The number of methoxy groups -OCH3 is 1. The minimum atomic E-state index is -1.25. The van der Waals surface area contributed by atoms with E-state index in [4.69, 9.17) is 14.2 Å². The predicted octanol–water partition coefficient (Wildman–Crippen LogP) is 3.07. The molecule has 9 heteroatoms. The van der Waals surface area contributed by atoms with Crippen LogP contribution in [0.5, 0.6) is 11.5 Å². The zero-order valence-electron chi connectivity index (χ0n) is 23.2. The number of hydrogen-bond acceptors (Lipinski definition) is 7. The van der Waals surface area contributed by atoms with Gasteiger partial charge in [-0.05, 0) is 49.2 Å². The second-order valence-corrected chi connectivity index (χ2v) is 10.4. The van der Waals surface area contributed by atoms with Gasteiger partial charge in [0.2, 0.25) is 5.91 Å². The van der Waals surface area contributed by atoms with Crippen LogP contribution in [0.25, 0.3) is 0 Å². The second-order valence-electron chi connectivity index (χ2n) is 10.4. The van der Waals surface area contributed by atoms with E-state index in [1.807, 2.05) is 73.4 Å². The van der Waals surface area contributed by atoms with Gasteiger partial charge in [0, 0.05) is 52.5 Å². The van der Waals surface area contributed by atoms with Gasteiger partial charge in [0.05, 0.1) is 19.3 Å². The Morgan fingerprint density at radius 2 is 1.85 bits per heavy atom. The van der Waals surface area contributed by atoms with Crippen molar-refractivity contribution in [3.8, 4) is 11.5 Å². The van der Waals surface area contributed by atoms with Crippen LogP contribution in [0.4, 0.5) is 0 Å². The molecular weight excluding hydrogens is 496 g/mol. The summed E-state index contributed by atoms with van der Waals surface area (Å²) in [7, 11) is 1.50. The molecule has 1 unspecified atom stereocenters. The van der Waals surface area contributed by atoms with E-state index in [1.165, 1.54) is 7.11 Å². The average Bonchev–Trinajstić information content (AvgIpc) is 3.25. The number of aromatic nitrogens is 2. The zero-order valence-corrected chi connectivity index (χ0v) is 23.2. The number of nitrogens with zero attached hydrogens (tertiary/aromatic N) is 4. The minimum absolute atomic E-state index is 0.0196. The monoisotopic (exact) mass is 536 g/mol. The van der Waals surface area contributed by atoms with Crippen molar-refractivity contribution < 1.29 is 24.1 Å². The Balaban J connectivity index is 1.37. The maximum Gasteiger partial charge on any atom is 0.248 e. The highest BCUT2D eigenvalue weighted by Gasteiger charge is 2.37. The van der Waals surface area contributed by atoms with Gasteiger partial charge in [0.25, 0.3) is 0 Å². The molecule has 3 aromatic rings. The van der Waals surface area contributed by atoms with E-state index < -0.39 is 5.60 Å². The summed E-state index contributed by atoms with van der Waals surface area (Å²) in [5, 5.41) is 16.0. The van der Waals surface area contributed by atoms with Gasteiger partial charge in [-0.25, -0.2) is 0 Å². The van der Waals surface area contributed by atoms with Gasteiger partial charge >= 0.3 is 0 Å². The van der Waals surface area contributed by atoms with Crippen LogP contribution >= 0.6 is 0 Å². The lowest BCUT2D eigenvalue weighted by atomic mass is 10.0. The molecule has 1 amide bonds. The van der Waals surface area contributed by atoms with Gasteiger partial charge in [-0.3, -0.25) is 14.4 Å². The maximum absolute atomic E-state index is 12.7.